The lowest BCUT2D eigenvalue weighted by atomic mass is 9.90. The van der Waals surface area contributed by atoms with Crippen LogP contribution in [0, 0.1) is 12.3 Å². The van der Waals surface area contributed by atoms with Gasteiger partial charge in [0.15, 0.2) is 11.4 Å². The smallest absolute Gasteiger partial charge is 0.309 e. The fourth-order valence-electron chi connectivity index (χ4n) is 1.88. The van der Waals surface area contributed by atoms with Crippen LogP contribution < -0.4 is 0 Å². The lowest BCUT2D eigenvalue weighted by Crippen LogP contribution is -2.55. The van der Waals surface area contributed by atoms with E-state index in [0.717, 1.165) is 0 Å². The zero-order valence-electron chi connectivity index (χ0n) is 14.6. The van der Waals surface area contributed by atoms with E-state index in [9.17, 15) is 9.90 Å². The first-order chi connectivity index (χ1) is 9.76. The first kappa shape index (κ1) is 13.9. The second-order valence-corrected chi connectivity index (χ2v) is 6.18. The van der Waals surface area contributed by atoms with Crippen molar-refractivity contribution in [2.45, 2.75) is 70.5 Å². The zero-order valence-corrected chi connectivity index (χ0v) is 12.6. The molecule has 0 spiro atoms. The molecule has 0 amide bonds. The molecule has 0 unspecified atom stereocenters. The van der Waals surface area contributed by atoms with Crippen LogP contribution in [0.5, 0.6) is 0 Å². The molecular formula is C15H24O5. The van der Waals surface area contributed by atoms with Gasteiger partial charge in [-0.3, -0.25) is 4.79 Å². The van der Waals surface area contributed by atoms with E-state index >= 15 is 0 Å². The van der Waals surface area contributed by atoms with Crippen molar-refractivity contribution in [3.8, 4) is 12.3 Å². The largest absolute Gasteiger partial charge is 0.460 e. The summed E-state index contributed by atoms with van der Waals surface area (Å²) in [5, 5.41) is 10.5. The summed E-state index contributed by atoms with van der Waals surface area (Å²) in [6.45, 7) is 8.22. The quantitative estimate of drug-likeness (QED) is 0.631. The minimum absolute atomic E-state index is 0.0659. The van der Waals surface area contributed by atoms with Crippen LogP contribution in [0.25, 0.3) is 0 Å². The van der Waals surface area contributed by atoms with Crippen LogP contribution in [-0.2, 0) is 19.0 Å². The van der Waals surface area contributed by atoms with Crippen molar-refractivity contribution in [3.05, 3.63) is 0 Å². The van der Waals surface area contributed by atoms with Gasteiger partial charge in [-0.15, -0.1) is 6.42 Å². The lowest BCUT2D eigenvalue weighted by molar-refractivity contribution is -0.312. The van der Waals surface area contributed by atoms with Gasteiger partial charge < -0.3 is 19.3 Å². The molecule has 0 aliphatic carbocycles. The molecule has 1 saturated heterocycles. The van der Waals surface area contributed by atoms with Crippen LogP contribution in [0.2, 0.25) is 0 Å². The van der Waals surface area contributed by atoms with Gasteiger partial charge in [-0.2, -0.15) is 0 Å². The SMILES string of the molecule is [2H]C([2H])(C(=O)OC(C)(C)C)[C@H](O)[C@]1(C#C)CCOC(C)(C)O1. The van der Waals surface area contributed by atoms with Crippen LogP contribution in [0.4, 0.5) is 0 Å². The van der Waals surface area contributed by atoms with E-state index in [-0.39, 0.29) is 13.0 Å². The number of ether oxygens (including phenoxy) is 3. The highest BCUT2D eigenvalue weighted by molar-refractivity contribution is 5.70. The van der Waals surface area contributed by atoms with E-state index in [1.54, 1.807) is 34.6 Å². The standard InChI is InChI=1S/C15H24O5/c1-7-15(8-9-18-14(5,6)20-15)11(16)10-12(17)19-13(2,3)4/h1,11,16H,8-10H2,2-6H3/t11-,15-/m0/s1/i10D2. The summed E-state index contributed by atoms with van der Waals surface area (Å²) >= 11 is 0. The molecule has 1 rings (SSSR count). The molecule has 0 saturated carbocycles. The fraction of sp³-hybridized carbons (Fsp3) is 0.800. The minimum Gasteiger partial charge on any atom is -0.460 e. The molecule has 5 nitrogen and oxygen atoms in total. The first-order valence-corrected chi connectivity index (χ1v) is 6.49. The highest BCUT2D eigenvalue weighted by Gasteiger charge is 2.46. The molecule has 0 aromatic rings. The Balaban J connectivity index is 3.07. The number of hydrogen-bond donors (Lipinski definition) is 1. The Bertz CT molecular complexity index is 475. The van der Waals surface area contributed by atoms with Crippen molar-refractivity contribution >= 4 is 5.97 Å². The summed E-state index contributed by atoms with van der Waals surface area (Å²) in [5.74, 6) is 0.0238. The van der Waals surface area contributed by atoms with Gasteiger partial charge in [0.1, 0.15) is 11.7 Å². The summed E-state index contributed by atoms with van der Waals surface area (Å²) in [4.78, 5) is 12.1. The van der Waals surface area contributed by atoms with Crippen molar-refractivity contribution in [1.82, 2.24) is 0 Å². The normalized spacial score (nSPS) is 29.6. The number of rotatable bonds is 3. The maximum atomic E-state index is 12.1. The molecule has 1 heterocycles. The summed E-state index contributed by atoms with van der Waals surface area (Å²) in [6.07, 6.45) is 0.940. The number of carbonyl (C=O) groups excluding carboxylic acids is 1. The molecule has 5 heteroatoms. The number of esters is 1. The molecule has 2 atom stereocenters. The monoisotopic (exact) mass is 286 g/mol. The maximum Gasteiger partial charge on any atom is 0.309 e. The Morgan fingerprint density at radius 2 is 2.20 bits per heavy atom. The van der Waals surface area contributed by atoms with Crippen LogP contribution in [0.3, 0.4) is 0 Å². The average Bonchev–Trinajstić information content (AvgIpc) is 2.34. The number of terminal acetylenes is 1. The summed E-state index contributed by atoms with van der Waals surface area (Å²) in [6, 6.07) is 0. The van der Waals surface area contributed by atoms with Crippen LogP contribution in [0.15, 0.2) is 0 Å². The van der Waals surface area contributed by atoms with E-state index in [2.05, 4.69) is 5.92 Å². The molecule has 0 bridgehead atoms. The Morgan fingerprint density at radius 3 is 2.65 bits per heavy atom. The molecule has 1 N–H and O–H groups in total. The molecule has 114 valence electrons. The second kappa shape index (κ2) is 5.72. The van der Waals surface area contributed by atoms with Gasteiger partial charge in [0.2, 0.25) is 0 Å². The van der Waals surface area contributed by atoms with Gasteiger partial charge >= 0.3 is 5.97 Å². The van der Waals surface area contributed by atoms with Crippen LogP contribution in [-0.4, -0.2) is 40.8 Å². The van der Waals surface area contributed by atoms with E-state index in [1.165, 1.54) is 0 Å². The number of hydrogen-bond acceptors (Lipinski definition) is 5. The highest BCUT2D eigenvalue weighted by atomic mass is 16.7. The average molecular weight is 286 g/mol. The van der Waals surface area contributed by atoms with Gasteiger partial charge in [0, 0.05) is 9.16 Å². The van der Waals surface area contributed by atoms with Gasteiger partial charge in [-0.1, -0.05) is 5.92 Å². The van der Waals surface area contributed by atoms with Crippen molar-refractivity contribution in [2.24, 2.45) is 0 Å². The third-order valence-electron chi connectivity index (χ3n) is 2.69. The molecule has 1 fully saturated rings. The van der Waals surface area contributed by atoms with Gasteiger partial charge in [0.25, 0.3) is 0 Å². The Morgan fingerprint density at radius 1 is 1.60 bits per heavy atom. The van der Waals surface area contributed by atoms with Crippen molar-refractivity contribution in [2.75, 3.05) is 6.61 Å². The first-order valence-electron chi connectivity index (χ1n) is 7.49. The maximum absolute atomic E-state index is 12.1. The van der Waals surface area contributed by atoms with Crippen molar-refractivity contribution in [3.63, 3.8) is 0 Å². The summed E-state index contributed by atoms with van der Waals surface area (Å²) in [5.41, 5.74) is -2.55. The van der Waals surface area contributed by atoms with E-state index < -0.39 is 35.4 Å². The third-order valence-corrected chi connectivity index (χ3v) is 2.69. The minimum atomic E-state index is -2.72. The van der Waals surface area contributed by atoms with Crippen molar-refractivity contribution < 1.29 is 26.9 Å². The molecule has 0 aromatic heterocycles. The molecule has 20 heavy (non-hydrogen) atoms. The summed E-state index contributed by atoms with van der Waals surface area (Å²) in [7, 11) is 0. The Hall–Kier alpha value is -1.09. The van der Waals surface area contributed by atoms with E-state index in [0.29, 0.717) is 0 Å². The third kappa shape index (κ3) is 4.48. The molecular weight excluding hydrogens is 260 g/mol. The van der Waals surface area contributed by atoms with E-state index in [1.807, 2.05) is 0 Å². The topological polar surface area (TPSA) is 65.0 Å². The number of aliphatic hydroxyl groups is 1. The summed E-state index contributed by atoms with van der Waals surface area (Å²) < 4.78 is 31.8. The fourth-order valence-corrected chi connectivity index (χ4v) is 1.88. The second-order valence-electron chi connectivity index (χ2n) is 6.18. The molecule has 0 radical (unpaired) electrons. The Labute approximate surface area is 123 Å². The van der Waals surface area contributed by atoms with Gasteiger partial charge in [-0.05, 0) is 34.6 Å². The molecule has 1 aliphatic rings. The number of carbonyl (C=O) groups is 1. The lowest BCUT2D eigenvalue weighted by Gasteiger charge is -2.44. The molecule has 0 aromatic carbocycles. The van der Waals surface area contributed by atoms with Gasteiger partial charge in [0.05, 0.1) is 13.0 Å². The predicted molar refractivity (Wildman–Crippen MR) is 73.8 cm³/mol. The predicted octanol–water partition coefficient (Wildman–Crippen LogP) is 1.62. The van der Waals surface area contributed by atoms with Gasteiger partial charge in [-0.25, -0.2) is 0 Å². The highest BCUT2D eigenvalue weighted by Crippen LogP contribution is 2.34. The van der Waals surface area contributed by atoms with Crippen molar-refractivity contribution in [1.29, 1.82) is 0 Å². The Kier molecular flexibility index (Phi) is 3.97. The zero-order chi connectivity index (χ0) is 17.4. The van der Waals surface area contributed by atoms with Crippen LogP contribution in [0.1, 0.15) is 50.2 Å². The number of aliphatic hydroxyl groups excluding tert-OH is 1. The molecule has 1 aliphatic heterocycles. The van der Waals surface area contributed by atoms with E-state index in [4.69, 9.17) is 23.4 Å². The van der Waals surface area contributed by atoms with Crippen LogP contribution >= 0.6 is 0 Å².